The van der Waals surface area contributed by atoms with E-state index in [1.54, 1.807) is 0 Å². The van der Waals surface area contributed by atoms with Gasteiger partial charge in [0, 0.05) is 13.1 Å². The molecule has 3 atom stereocenters. The van der Waals surface area contributed by atoms with Crippen molar-refractivity contribution in [3.8, 4) is 0 Å². The van der Waals surface area contributed by atoms with Gasteiger partial charge in [-0.1, -0.05) is 30.3 Å². The van der Waals surface area contributed by atoms with Crippen LogP contribution in [0.4, 0.5) is 0 Å². The van der Waals surface area contributed by atoms with Crippen LogP contribution in [0.1, 0.15) is 5.56 Å². The molecular weight excluding hydrogens is 232 g/mol. The Morgan fingerprint density at radius 2 is 1.83 bits per heavy atom. The maximum Gasteiger partial charge on any atom is 0.240 e. The molecule has 0 bridgehead atoms. The average Bonchev–Trinajstić information content (AvgIpc) is 2.70. The van der Waals surface area contributed by atoms with E-state index in [1.807, 2.05) is 30.3 Å². The van der Waals surface area contributed by atoms with Gasteiger partial charge in [-0.05, 0) is 12.0 Å². The van der Waals surface area contributed by atoms with E-state index in [4.69, 9.17) is 5.73 Å². The van der Waals surface area contributed by atoms with Gasteiger partial charge in [0.1, 0.15) is 0 Å². The Hall–Kier alpha value is -1.43. The summed E-state index contributed by atoms with van der Waals surface area (Å²) in [5.41, 5.74) is 6.86. The van der Waals surface area contributed by atoms with Crippen molar-refractivity contribution in [2.75, 3.05) is 13.1 Å². The molecule has 1 saturated heterocycles. The van der Waals surface area contributed by atoms with Gasteiger partial charge in [-0.15, -0.1) is 0 Å². The summed E-state index contributed by atoms with van der Waals surface area (Å²) in [5.74, 6) is -0.227. The molecule has 5 nitrogen and oxygen atoms in total. The first-order chi connectivity index (χ1) is 8.58. The van der Waals surface area contributed by atoms with Crippen LogP contribution in [0.15, 0.2) is 30.3 Å². The van der Waals surface area contributed by atoms with Gasteiger partial charge in [0.15, 0.2) is 0 Å². The third-order valence-corrected chi connectivity index (χ3v) is 3.19. The predicted octanol–water partition coefficient (Wildman–Crippen LogP) is -0.880. The molecule has 0 saturated carbocycles. The average molecular weight is 250 g/mol. The van der Waals surface area contributed by atoms with Crippen LogP contribution >= 0.6 is 0 Å². The molecule has 1 aliphatic heterocycles. The zero-order valence-corrected chi connectivity index (χ0v) is 10.1. The Morgan fingerprint density at radius 1 is 1.28 bits per heavy atom. The second-order valence-corrected chi connectivity index (χ2v) is 4.67. The Labute approximate surface area is 106 Å². The number of carbonyl (C=O) groups excluding carboxylic acids is 1. The van der Waals surface area contributed by atoms with Crippen LogP contribution in [-0.2, 0) is 11.2 Å². The van der Waals surface area contributed by atoms with Gasteiger partial charge in [-0.3, -0.25) is 4.79 Å². The zero-order chi connectivity index (χ0) is 13.1. The Bertz CT molecular complexity index is 400. The highest BCUT2D eigenvalue weighted by atomic mass is 16.3. The van der Waals surface area contributed by atoms with E-state index in [0.29, 0.717) is 6.42 Å². The lowest BCUT2D eigenvalue weighted by Crippen LogP contribution is -2.44. The van der Waals surface area contributed by atoms with Crippen molar-refractivity contribution >= 4 is 5.91 Å². The highest BCUT2D eigenvalue weighted by Crippen LogP contribution is 2.12. The number of aliphatic hydroxyl groups excluding tert-OH is 2. The lowest BCUT2D eigenvalue weighted by molar-refractivity contribution is -0.132. The molecule has 0 aromatic heterocycles. The highest BCUT2D eigenvalue weighted by molar-refractivity contribution is 5.82. The minimum Gasteiger partial charge on any atom is -0.388 e. The topological polar surface area (TPSA) is 86.8 Å². The maximum atomic E-state index is 12.0. The molecule has 2 rings (SSSR count). The van der Waals surface area contributed by atoms with Crippen LogP contribution in [-0.4, -0.2) is 52.4 Å². The minimum absolute atomic E-state index is 0.155. The third kappa shape index (κ3) is 2.87. The smallest absolute Gasteiger partial charge is 0.240 e. The van der Waals surface area contributed by atoms with Crippen molar-refractivity contribution in [1.82, 2.24) is 4.90 Å². The third-order valence-electron chi connectivity index (χ3n) is 3.19. The number of benzene rings is 1. The SMILES string of the molecule is NC(Cc1ccccc1)C(=O)N1C[C@@H](O)[C@@H](O)C1. The van der Waals surface area contributed by atoms with Crippen LogP contribution in [0.3, 0.4) is 0 Å². The normalized spacial score (nSPS) is 25.2. The highest BCUT2D eigenvalue weighted by Gasteiger charge is 2.34. The number of nitrogens with two attached hydrogens (primary N) is 1. The summed E-state index contributed by atoms with van der Waals surface area (Å²) in [4.78, 5) is 13.4. The number of aliphatic hydroxyl groups is 2. The number of carbonyl (C=O) groups is 1. The lowest BCUT2D eigenvalue weighted by Gasteiger charge is -2.20. The molecule has 1 aromatic rings. The van der Waals surface area contributed by atoms with Crippen LogP contribution in [0.5, 0.6) is 0 Å². The number of likely N-dealkylation sites (tertiary alicyclic amines) is 1. The molecule has 1 aromatic carbocycles. The second-order valence-electron chi connectivity index (χ2n) is 4.67. The summed E-state index contributed by atoms with van der Waals surface area (Å²) >= 11 is 0. The predicted molar refractivity (Wildman–Crippen MR) is 66.7 cm³/mol. The van der Waals surface area contributed by atoms with Crippen molar-refractivity contribution < 1.29 is 15.0 Å². The van der Waals surface area contributed by atoms with Gasteiger partial charge in [0.2, 0.25) is 5.91 Å². The fourth-order valence-electron chi connectivity index (χ4n) is 2.14. The lowest BCUT2D eigenvalue weighted by atomic mass is 10.1. The quantitative estimate of drug-likeness (QED) is 0.650. The number of hydrogen-bond donors (Lipinski definition) is 3. The van der Waals surface area contributed by atoms with Gasteiger partial charge in [-0.2, -0.15) is 0 Å². The Kier molecular flexibility index (Phi) is 3.96. The van der Waals surface area contributed by atoms with Gasteiger partial charge < -0.3 is 20.8 Å². The van der Waals surface area contributed by atoms with Gasteiger partial charge in [0.05, 0.1) is 18.2 Å². The van der Waals surface area contributed by atoms with E-state index in [0.717, 1.165) is 5.56 Å². The molecule has 1 fully saturated rings. The van der Waals surface area contributed by atoms with E-state index < -0.39 is 18.2 Å². The fraction of sp³-hybridized carbons (Fsp3) is 0.462. The first-order valence-electron chi connectivity index (χ1n) is 6.02. The standard InChI is InChI=1S/C13H18N2O3/c14-10(6-9-4-2-1-3-5-9)13(18)15-7-11(16)12(17)8-15/h1-5,10-12,16-17H,6-8,14H2/t10?,11-,12+. The Morgan fingerprint density at radius 3 is 2.39 bits per heavy atom. The van der Waals surface area contributed by atoms with E-state index in [-0.39, 0.29) is 19.0 Å². The molecule has 0 aliphatic carbocycles. The van der Waals surface area contributed by atoms with Gasteiger partial charge in [0.25, 0.3) is 0 Å². The molecule has 0 spiro atoms. The van der Waals surface area contributed by atoms with E-state index in [1.165, 1.54) is 4.90 Å². The molecule has 98 valence electrons. The number of β-amino-alcohol motifs (C(OH)–C–C–N with tert-alkyl or cyclic N) is 2. The van der Waals surface area contributed by atoms with Crippen LogP contribution in [0, 0.1) is 0 Å². The first-order valence-corrected chi connectivity index (χ1v) is 6.02. The number of amides is 1. The van der Waals surface area contributed by atoms with E-state index in [9.17, 15) is 15.0 Å². The molecule has 1 heterocycles. The summed E-state index contributed by atoms with van der Waals surface area (Å²) in [6, 6.07) is 8.90. The van der Waals surface area contributed by atoms with Crippen LogP contribution in [0.2, 0.25) is 0 Å². The molecule has 5 heteroatoms. The minimum atomic E-state index is -0.863. The number of hydrogen-bond acceptors (Lipinski definition) is 4. The van der Waals surface area contributed by atoms with Crippen molar-refractivity contribution in [2.24, 2.45) is 5.73 Å². The molecule has 4 N–H and O–H groups in total. The summed E-state index contributed by atoms with van der Waals surface area (Å²) < 4.78 is 0. The summed E-state index contributed by atoms with van der Waals surface area (Å²) in [7, 11) is 0. The number of rotatable bonds is 3. The van der Waals surface area contributed by atoms with Crippen molar-refractivity contribution in [3.63, 3.8) is 0 Å². The van der Waals surface area contributed by atoms with Gasteiger partial charge in [-0.25, -0.2) is 0 Å². The summed E-state index contributed by atoms with van der Waals surface area (Å²) in [6.07, 6.45) is -1.27. The van der Waals surface area contributed by atoms with Crippen LogP contribution < -0.4 is 5.73 Å². The molecular formula is C13H18N2O3. The second kappa shape index (κ2) is 5.48. The van der Waals surface area contributed by atoms with E-state index in [2.05, 4.69) is 0 Å². The summed E-state index contributed by atoms with van der Waals surface area (Å²) in [5, 5.41) is 18.8. The molecule has 18 heavy (non-hydrogen) atoms. The van der Waals surface area contributed by atoms with Crippen molar-refractivity contribution in [2.45, 2.75) is 24.7 Å². The molecule has 1 unspecified atom stereocenters. The monoisotopic (exact) mass is 250 g/mol. The van der Waals surface area contributed by atoms with Crippen molar-refractivity contribution in [1.29, 1.82) is 0 Å². The first kappa shape index (κ1) is 13.0. The summed E-state index contributed by atoms with van der Waals surface area (Å²) in [6.45, 7) is 0.310. The van der Waals surface area contributed by atoms with E-state index >= 15 is 0 Å². The van der Waals surface area contributed by atoms with Crippen molar-refractivity contribution in [3.05, 3.63) is 35.9 Å². The zero-order valence-electron chi connectivity index (χ0n) is 10.1. The largest absolute Gasteiger partial charge is 0.388 e. The number of nitrogens with zero attached hydrogens (tertiary/aromatic N) is 1. The van der Waals surface area contributed by atoms with Gasteiger partial charge >= 0.3 is 0 Å². The fourth-order valence-corrected chi connectivity index (χ4v) is 2.14. The van der Waals surface area contributed by atoms with Crippen LogP contribution in [0.25, 0.3) is 0 Å². The molecule has 0 radical (unpaired) electrons. The molecule has 1 amide bonds. The molecule has 1 aliphatic rings. The Balaban J connectivity index is 1.93. The maximum absolute atomic E-state index is 12.0.